The number of hydrogen-bond acceptors (Lipinski definition) is 5. The van der Waals surface area contributed by atoms with Crippen LogP contribution in [0, 0.1) is 5.92 Å². The van der Waals surface area contributed by atoms with Gasteiger partial charge >= 0.3 is 18.0 Å². The molecule has 2 aromatic carbocycles. The number of ether oxygens (including phenoxy) is 1. The third-order valence-corrected chi connectivity index (χ3v) is 5.36. The molecule has 4 rings (SSSR count). The molecule has 2 amide bonds. The Hall–Kier alpha value is -3.94. The first kappa shape index (κ1) is 21.3. The van der Waals surface area contributed by atoms with Crippen LogP contribution in [0.4, 0.5) is 16.2 Å². The van der Waals surface area contributed by atoms with Crippen molar-refractivity contribution in [3.8, 4) is 17.1 Å². The second-order valence-corrected chi connectivity index (χ2v) is 7.79. The number of hydrogen-bond donors (Lipinski definition) is 3. The van der Waals surface area contributed by atoms with Gasteiger partial charge in [0.15, 0.2) is 0 Å². The molecule has 1 aliphatic rings. The standard InChI is InChI=1S/C24H24N4O4/c29-22(30)13-16-6-11-21(12-16)32-24-25-14-18(15-26-24)17-7-9-20(10-8-17)28-23(31)27-19-4-2-1-3-5-19/h1-5,7-10,14-16,21H,6,11-13H2,(H,29,30)(H2,27,28,31)/t16-,21+/m0/s1. The topological polar surface area (TPSA) is 113 Å². The second-order valence-electron chi connectivity index (χ2n) is 7.79. The van der Waals surface area contributed by atoms with Crippen molar-refractivity contribution in [3.63, 3.8) is 0 Å². The number of amides is 2. The number of para-hydroxylation sites is 1. The molecule has 0 radical (unpaired) electrons. The van der Waals surface area contributed by atoms with E-state index in [0.717, 1.165) is 29.7 Å². The maximum absolute atomic E-state index is 12.1. The van der Waals surface area contributed by atoms with Gasteiger partial charge in [-0.1, -0.05) is 30.3 Å². The zero-order chi connectivity index (χ0) is 22.3. The molecule has 3 aromatic rings. The lowest BCUT2D eigenvalue weighted by atomic mass is 10.0. The van der Waals surface area contributed by atoms with Gasteiger partial charge < -0.3 is 20.5 Å². The van der Waals surface area contributed by atoms with Crippen molar-refractivity contribution in [1.29, 1.82) is 0 Å². The number of nitrogens with zero attached hydrogens (tertiary/aromatic N) is 2. The summed E-state index contributed by atoms with van der Waals surface area (Å²) >= 11 is 0. The average Bonchev–Trinajstić information content (AvgIpc) is 3.21. The number of anilines is 2. The fourth-order valence-electron chi connectivity index (χ4n) is 3.80. The summed E-state index contributed by atoms with van der Waals surface area (Å²) in [6.45, 7) is 0. The first-order valence-electron chi connectivity index (χ1n) is 10.5. The summed E-state index contributed by atoms with van der Waals surface area (Å²) in [4.78, 5) is 31.5. The Balaban J connectivity index is 1.30. The smallest absolute Gasteiger partial charge is 0.323 e. The van der Waals surface area contributed by atoms with Crippen LogP contribution in [0.1, 0.15) is 25.7 Å². The average molecular weight is 432 g/mol. The SMILES string of the molecule is O=C(O)C[C@H]1CC[C@@H](Oc2ncc(-c3ccc(NC(=O)Nc4ccccc4)cc3)cn2)C1. The minimum atomic E-state index is -0.769. The summed E-state index contributed by atoms with van der Waals surface area (Å²) < 4.78 is 5.82. The van der Waals surface area contributed by atoms with E-state index in [0.29, 0.717) is 18.1 Å². The number of benzene rings is 2. The molecule has 0 aliphatic heterocycles. The van der Waals surface area contributed by atoms with E-state index in [1.54, 1.807) is 12.4 Å². The van der Waals surface area contributed by atoms with E-state index in [9.17, 15) is 9.59 Å². The highest BCUT2D eigenvalue weighted by Crippen LogP contribution is 2.30. The molecule has 0 saturated heterocycles. The predicted molar refractivity (Wildman–Crippen MR) is 121 cm³/mol. The molecule has 8 heteroatoms. The van der Waals surface area contributed by atoms with Gasteiger partial charge in [0, 0.05) is 35.8 Å². The largest absolute Gasteiger partial charge is 0.481 e. The van der Waals surface area contributed by atoms with Gasteiger partial charge in [0.05, 0.1) is 0 Å². The summed E-state index contributed by atoms with van der Waals surface area (Å²) in [5, 5.41) is 14.5. The lowest BCUT2D eigenvalue weighted by Gasteiger charge is -2.12. The second kappa shape index (κ2) is 9.91. The molecule has 0 unspecified atom stereocenters. The van der Waals surface area contributed by atoms with Crippen molar-refractivity contribution in [1.82, 2.24) is 9.97 Å². The Morgan fingerprint density at radius 1 is 0.906 bits per heavy atom. The molecule has 1 heterocycles. The monoisotopic (exact) mass is 432 g/mol. The fourth-order valence-corrected chi connectivity index (χ4v) is 3.80. The summed E-state index contributed by atoms with van der Waals surface area (Å²) in [6.07, 6.45) is 5.89. The molecule has 1 fully saturated rings. The summed E-state index contributed by atoms with van der Waals surface area (Å²) in [7, 11) is 0. The van der Waals surface area contributed by atoms with E-state index in [1.807, 2.05) is 54.6 Å². The third kappa shape index (κ3) is 5.81. The molecule has 1 saturated carbocycles. The van der Waals surface area contributed by atoms with Crippen molar-refractivity contribution in [3.05, 3.63) is 67.0 Å². The molecule has 32 heavy (non-hydrogen) atoms. The number of carboxylic acid groups (broad SMARTS) is 1. The molecular weight excluding hydrogens is 408 g/mol. The number of carbonyl (C=O) groups excluding carboxylic acids is 1. The van der Waals surface area contributed by atoms with E-state index in [1.165, 1.54) is 0 Å². The van der Waals surface area contributed by atoms with Crippen LogP contribution in [0.3, 0.4) is 0 Å². The highest BCUT2D eigenvalue weighted by atomic mass is 16.5. The van der Waals surface area contributed by atoms with E-state index in [4.69, 9.17) is 9.84 Å². The van der Waals surface area contributed by atoms with Crippen LogP contribution in [0.2, 0.25) is 0 Å². The highest BCUT2D eigenvalue weighted by Gasteiger charge is 2.28. The molecule has 1 aliphatic carbocycles. The van der Waals surface area contributed by atoms with Gasteiger partial charge in [0.1, 0.15) is 6.10 Å². The van der Waals surface area contributed by atoms with Crippen LogP contribution < -0.4 is 15.4 Å². The van der Waals surface area contributed by atoms with Gasteiger partial charge in [0.25, 0.3) is 0 Å². The molecule has 0 spiro atoms. The lowest BCUT2D eigenvalue weighted by molar-refractivity contribution is -0.138. The van der Waals surface area contributed by atoms with E-state index < -0.39 is 5.97 Å². The van der Waals surface area contributed by atoms with Crippen LogP contribution in [0.15, 0.2) is 67.0 Å². The molecule has 0 bridgehead atoms. The number of urea groups is 1. The normalized spacial score (nSPS) is 17.5. The first-order chi connectivity index (χ1) is 15.5. The molecule has 8 nitrogen and oxygen atoms in total. The number of carboxylic acids is 1. The van der Waals surface area contributed by atoms with Crippen LogP contribution in [0.5, 0.6) is 6.01 Å². The molecule has 3 N–H and O–H groups in total. The van der Waals surface area contributed by atoms with Crippen LogP contribution in [-0.2, 0) is 4.79 Å². The Morgan fingerprint density at radius 2 is 1.56 bits per heavy atom. The summed E-state index contributed by atoms with van der Waals surface area (Å²) in [6, 6.07) is 16.6. The Labute approximate surface area is 185 Å². The van der Waals surface area contributed by atoms with Gasteiger partial charge in [-0.2, -0.15) is 0 Å². The van der Waals surface area contributed by atoms with Gasteiger partial charge in [0.2, 0.25) is 0 Å². The minimum absolute atomic E-state index is 0.0439. The zero-order valence-electron chi connectivity index (χ0n) is 17.4. The molecule has 1 aromatic heterocycles. The van der Waals surface area contributed by atoms with E-state index >= 15 is 0 Å². The van der Waals surface area contributed by atoms with Crippen molar-refractivity contribution in [2.75, 3.05) is 10.6 Å². The number of rotatable bonds is 7. The number of aliphatic carboxylic acids is 1. The van der Waals surface area contributed by atoms with Crippen molar-refractivity contribution >= 4 is 23.4 Å². The number of nitrogens with one attached hydrogen (secondary N) is 2. The number of carbonyl (C=O) groups is 2. The van der Waals surface area contributed by atoms with Crippen molar-refractivity contribution in [2.45, 2.75) is 31.8 Å². The quantitative estimate of drug-likeness (QED) is 0.494. The Morgan fingerprint density at radius 3 is 2.22 bits per heavy atom. The maximum atomic E-state index is 12.1. The van der Waals surface area contributed by atoms with Crippen LogP contribution in [-0.4, -0.2) is 33.2 Å². The van der Waals surface area contributed by atoms with E-state index in [-0.39, 0.29) is 24.5 Å². The Kier molecular flexibility index (Phi) is 6.60. The lowest BCUT2D eigenvalue weighted by Crippen LogP contribution is -2.19. The zero-order valence-corrected chi connectivity index (χ0v) is 17.4. The summed E-state index contributed by atoms with van der Waals surface area (Å²) in [5.41, 5.74) is 3.12. The molecule has 2 atom stereocenters. The minimum Gasteiger partial charge on any atom is -0.481 e. The predicted octanol–water partition coefficient (Wildman–Crippen LogP) is 4.81. The first-order valence-corrected chi connectivity index (χ1v) is 10.5. The maximum Gasteiger partial charge on any atom is 0.323 e. The van der Waals surface area contributed by atoms with Crippen molar-refractivity contribution in [2.24, 2.45) is 5.92 Å². The van der Waals surface area contributed by atoms with E-state index in [2.05, 4.69) is 20.6 Å². The van der Waals surface area contributed by atoms with Crippen LogP contribution >= 0.6 is 0 Å². The van der Waals surface area contributed by atoms with Gasteiger partial charge in [-0.25, -0.2) is 14.8 Å². The fraction of sp³-hybridized carbons (Fsp3) is 0.250. The van der Waals surface area contributed by atoms with Gasteiger partial charge in [-0.15, -0.1) is 0 Å². The molecule has 164 valence electrons. The third-order valence-electron chi connectivity index (χ3n) is 5.36. The highest BCUT2D eigenvalue weighted by molar-refractivity contribution is 5.99. The number of aromatic nitrogens is 2. The van der Waals surface area contributed by atoms with Gasteiger partial charge in [-0.3, -0.25) is 4.79 Å². The summed E-state index contributed by atoms with van der Waals surface area (Å²) in [5.74, 6) is -0.618. The Bertz CT molecular complexity index is 1060. The molecular formula is C24H24N4O4. The van der Waals surface area contributed by atoms with Crippen molar-refractivity contribution < 1.29 is 19.4 Å². The van der Waals surface area contributed by atoms with Crippen LogP contribution in [0.25, 0.3) is 11.1 Å². The van der Waals surface area contributed by atoms with Gasteiger partial charge in [-0.05, 0) is 55.0 Å².